The summed E-state index contributed by atoms with van der Waals surface area (Å²) >= 11 is 0. The average Bonchev–Trinajstić information content (AvgIpc) is 4.12. The molecular weight excluding hydrogens is 1000 g/mol. The van der Waals surface area contributed by atoms with E-state index in [1.54, 1.807) is 13.8 Å². The SMILES string of the molecule is CCn1nnc2c(C)c([C@H](c3ccc4c(c3)CN(C(=O)c3c(C)c(C)cc(C)c3C)CC4)[C@@H](C)C(=O)O)ccc21.CCn1nnc2c(C)c([C@H](c3ccc4c(c3)CN(C(=O)c3c(C)c(C)cc(C)c3C)CC4)[C@H](C)C(=O)O)ccc21. The Morgan fingerprint density at radius 1 is 0.475 bits per heavy atom. The van der Waals surface area contributed by atoms with Gasteiger partial charge in [0.05, 0.1) is 22.9 Å². The van der Waals surface area contributed by atoms with E-state index in [4.69, 9.17) is 0 Å². The van der Waals surface area contributed by atoms with Gasteiger partial charge in [-0.25, -0.2) is 9.36 Å². The van der Waals surface area contributed by atoms with Crippen LogP contribution >= 0.6 is 0 Å². The zero-order valence-corrected chi connectivity index (χ0v) is 49.0. The number of hydrogen-bond donors (Lipinski definition) is 2. The molecule has 2 aromatic heterocycles. The Morgan fingerprint density at radius 2 is 0.825 bits per heavy atom. The van der Waals surface area contributed by atoms with Gasteiger partial charge in [0.1, 0.15) is 11.0 Å². The molecule has 2 aliphatic heterocycles. The van der Waals surface area contributed by atoms with Gasteiger partial charge in [0.2, 0.25) is 0 Å². The molecule has 14 heteroatoms. The van der Waals surface area contributed by atoms with Gasteiger partial charge < -0.3 is 20.0 Å². The third-order valence-electron chi connectivity index (χ3n) is 18.0. The predicted octanol–water partition coefficient (Wildman–Crippen LogP) is 12.1. The first-order chi connectivity index (χ1) is 38.1. The van der Waals surface area contributed by atoms with E-state index in [0.717, 1.165) is 135 Å². The summed E-state index contributed by atoms with van der Waals surface area (Å²) in [6.07, 6.45) is 1.54. The van der Waals surface area contributed by atoms with E-state index < -0.39 is 23.8 Å². The second-order valence-electron chi connectivity index (χ2n) is 22.6. The van der Waals surface area contributed by atoms with Crippen LogP contribution in [0.3, 0.4) is 0 Å². The minimum absolute atomic E-state index is 0.0635. The van der Waals surface area contributed by atoms with E-state index in [9.17, 15) is 29.4 Å². The van der Waals surface area contributed by atoms with Gasteiger partial charge in [-0.05, 0) is 208 Å². The molecule has 0 aliphatic carbocycles. The van der Waals surface area contributed by atoms with Crippen LogP contribution in [0.2, 0.25) is 0 Å². The number of fused-ring (bicyclic) bond motifs is 4. The van der Waals surface area contributed by atoms with Gasteiger partial charge in [-0.1, -0.05) is 84.9 Å². The summed E-state index contributed by atoms with van der Waals surface area (Å²) in [5.41, 5.74) is 24.0. The molecule has 0 unspecified atom stereocenters. The number of hydrogen-bond acceptors (Lipinski definition) is 8. The van der Waals surface area contributed by atoms with Gasteiger partial charge in [-0.15, -0.1) is 10.2 Å². The van der Waals surface area contributed by atoms with Crippen molar-refractivity contribution < 1.29 is 29.4 Å². The van der Waals surface area contributed by atoms with E-state index in [1.165, 1.54) is 11.1 Å². The zero-order chi connectivity index (χ0) is 57.8. The number of amides is 2. The molecule has 0 saturated heterocycles. The monoisotopic (exact) mass is 1080 g/mol. The summed E-state index contributed by atoms with van der Waals surface area (Å²) in [7, 11) is 0. The van der Waals surface area contributed by atoms with E-state index in [2.05, 4.69) is 96.9 Å². The maximum atomic E-state index is 13.8. The molecule has 0 spiro atoms. The van der Waals surface area contributed by atoms with Crippen LogP contribution in [0.15, 0.2) is 72.8 Å². The summed E-state index contributed by atoms with van der Waals surface area (Å²) in [6.45, 7) is 31.7. The summed E-state index contributed by atoms with van der Waals surface area (Å²) in [4.78, 5) is 56.2. The fourth-order valence-corrected chi connectivity index (χ4v) is 12.5. The molecule has 4 heterocycles. The van der Waals surface area contributed by atoms with Crippen LogP contribution in [-0.2, 0) is 48.6 Å². The van der Waals surface area contributed by atoms with Crippen molar-refractivity contribution in [3.8, 4) is 0 Å². The molecule has 4 atom stereocenters. The molecular formula is C66H76N8O6. The number of rotatable bonds is 12. The Bertz CT molecular complexity index is 3500. The van der Waals surface area contributed by atoms with Crippen LogP contribution < -0.4 is 0 Å². The van der Waals surface area contributed by atoms with Crippen LogP contribution in [-0.4, -0.2) is 86.8 Å². The lowest BCUT2D eigenvalue weighted by molar-refractivity contribution is -0.142. The number of aromatic nitrogens is 6. The lowest BCUT2D eigenvalue weighted by atomic mass is 9.78. The highest BCUT2D eigenvalue weighted by atomic mass is 16.4. The zero-order valence-electron chi connectivity index (χ0n) is 49.0. The molecule has 2 N–H and O–H groups in total. The summed E-state index contributed by atoms with van der Waals surface area (Å²) in [5, 5.41) is 37.6. The molecule has 2 aliphatic rings. The maximum absolute atomic E-state index is 13.8. The number of carboxylic acid groups (broad SMARTS) is 2. The van der Waals surface area contributed by atoms with Gasteiger partial charge in [0.15, 0.2) is 0 Å². The smallest absolute Gasteiger partial charge is 0.307 e. The van der Waals surface area contributed by atoms with Crippen molar-refractivity contribution in [2.24, 2.45) is 11.8 Å². The Kier molecular flexibility index (Phi) is 16.0. The second kappa shape index (κ2) is 22.6. The molecule has 80 heavy (non-hydrogen) atoms. The van der Waals surface area contributed by atoms with Crippen molar-refractivity contribution in [2.75, 3.05) is 13.1 Å². The molecule has 416 valence electrons. The largest absolute Gasteiger partial charge is 0.481 e. The van der Waals surface area contributed by atoms with Gasteiger partial charge in [0.25, 0.3) is 11.8 Å². The first-order valence-electron chi connectivity index (χ1n) is 28.1. The van der Waals surface area contributed by atoms with Crippen molar-refractivity contribution in [1.29, 1.82) is 0 Å². The van der Waals surface area contributed by atoms with Gasteiger partial charge >= 0.3 is 11.9 Å². The molecule has 8 aromatic rings. The van der Waals surface area contributed by atoms with Crippen LogP contribution in [0, 0.1) is 81.1 Å². The molecule has 14 nitrogen and oxygen atoms in total. The second-order valence-corrected chi connectivity index (χ2v) is 22.6. The number of nitrogens with zero attached hydrogens (tertiary/aromatic N) is 8. The van der Waals surface area contributed by atoms with E-state index >= 15 is 0 Å². The molecule has 0 saturated carbocycles. The number of benzene rings is 6. The predicted molar refractivity (Wildman–Crippen MR) is 314 cm³/mol. The number of aliphatic carboxylic acids is 2. The lowest BCUT2D eigenvalue weighted by Crippen LogP contribution is -2.37. The summed E-state index contributed by atoms with van der Waals surface area (Å²) in [5.74, 6) is -3.62. The molecule has 0 bridgehead atoms. The van der Waals surface area contributed by atoms with Crippen LogP contribution in [0.1, 0.15) is 160 Å². The molecule has 2 amide bonds. The Balaban J connectivity index is 0.000000194. The van der Waals surface area contributed by atoms with E-state index in [0.29, 0.717) is 39.3 Å². The number of aryl methyl sites for hydroxylation is 8. The summed E-state index contributed by atoms with van der Waals surface area (Å²) in [6, 6.07) is 24.9. The Labute approximate surface area is 469 Å². The molecule has 10 rings (SSSR count). The van der Waals surface area contributed by atoms with Gasteiger partial charge in [0, 0.05) is 62.2 Å². The first kappa shape index (κ1) is 56.7. The average molecular weight is 1080 g/mol. The van der Waals surface area contributed by atoms with Crippen molar-refractivity contribution in [3.63, 3.8) is 0 Å². The minimum Gasteiger partial charge on any atom is -0.481 e. The van der Waals surface area contributed by atoms with Crippen molar-refractivity contribution in [1.82, 2.24) is 39.8 Å². The highest BCUT2D eigenvalue weighted by Gasteiger charge is 2.34. The highest BCUT2D eigenvalue weighted by Crippen LogP contribution is 2.40. The van der Waals surface area contributed by atoms with Crippen LogP contribution in [0.4, 0.5) is 0 Å². The normalized spacial score (nSPS) is 14.7. The molecule has 6 aromatic carbocycles. The first-order valence-corrected chi connectivity index (χ1v) is 28.1. The van der Waals surface area contributed by atoms with Crippen molar-refractivity contribution >= 4 is 45.8 Å². The van der Waals surface area contributed by atoms with E-state index in [1.807, 2.05) is 98.8 Å². The van der Waals surface area contributed by atoms with Crippen LogP contribution in [0.5, 0.6) is 0 Å². The fourth-order valence-electron chi connectivity index (χ4n) is 12.5. The van der Waals surface area contributed by atoms with Crippen molar-refractivity contribution in [2.45, 2.75) is 148 Å². The number of carbonyl (C=O) groups excluding carboxylic acids is 2. The third kappa shape index (κ3) is 10.3. The molecule has 0 radical (unpaired) electrons. The molecule has 0 fully saturated rings. The Hall–Kier alpha value is -8.00. The minimum atomic E-state index is -0.850. The maximum Gasteiger partial charge on any atom is 0.307 e. The highest BCUT2D eigenvalue weighted by molar-refractivity contribution is 5.99. The summed E-state index contributed by atoms with van der Waals surface area (Å²) < 4.78 is 3.71. The quantitative estimate of drug-likeness (QED) is 0.120. The van der Waals surface area contributed by atoms with Crippen molar-refractivity contribution in [3.05, 3.63) is 184 Å². The third-order valence-corrected chi connectivity index (χ3v) is 18.0. The van der Waals surface area contributed by atoms with E-state index in [-0.39, 0.29) is 23.7 Å². The standard InChI is InChI=1S/2C33H38N4O3/c2*1-8-37-28-12-11-27(22(6)31(28)34-35-37)30(23(7)33(39)40)25-10-9-24-13-14-36(17-26(24)16-25)32(38)29-20(4)18(2)15-19(3)21(29)5/h2*9-12,15-16,23,30H,8,13-14,17H2,1-7H3,(H,39,40)/t23-,30+;23-,30-/m10/s1. The fraction of sp³-hybridized carbons (Fsp3) is 0.394. The van der Waals surface area contributed by atoms with Crippen LogP contribution in [0.25, 0.3) is 22.1 Å². The number of carbonyl (C=O) groups is 4. The van der Waals surface area contributed by atoms with Gasteiger partial charge in [-0.3, -0.25) is 19.2 Å². The number of carboxylic acids is 2. The topological polar surface area (TPSA) is 177 Å². The lowest BCUT2D eigenvalue weighted by Gasteiger charge is -2.32. The Morgan fingerprint density at radius 3 is 1.15 bits per heavy atom. The van der Waals surface area contributed by atoms with Gasteiger partial charge in [-0.2, -0.15) is 0 Å².